The van der Waals surface area contributed by atoms with Gasteiger partial charge in [0, 0.05) is 4.32 Å². The predicted octanol–water partition coefficient (Wildman–Crippen LogP) is 5.01. The minimum absolute atomic E-state index is 0.0526. The molecule has 2 aliphatic rings. The molecule has 0 atom stereocenters. The number of alkyl halides is 1. The molecule has 0 saturated heterocycles. The van der Waals surface area contributed by atoms with Crippen molar-refractivity contribution in [2.75, 3.05) is 6.16 Å². The summed E-state index contributed by atoms with van der Waals surface area (Å²) in [4.78, 5) is 18.2. The summed E-state index contributed by atoms with van der Waals surface area (Å²) in [6.45, 7) is 0. The third-order valence-electron chi connectivity index (χ3n) is 5.18. The zero-order valence-electron chi connectivity index (χ0n) is 12.7. The summed E-state index contributed by atoms with van der Waals surface area (Å²) in [5.41, 5.74) is 0. The highest BCUT2D eigenvalue weighted by Gasteiger charge is 2.41. The van der Waals surface area contributed by atoms with Crippen LogP contribution in [0, 0.1) is 11.8 Å². The lowest BCUT2D eigenvalue weighted by molar-refractivity contribution is 0.213. The molecule has 0 bridgehead atoms. The van der Waals surface area contributed by atoms with Gasteiger partial charge in [0.05, 0.1) is 6.16 Å². The van der Waals surface area contributed by atoms with Crippen LogP contribution in [0.4, 0.5) is 0 Å². The highest BCUT2D eigenvalue weighted by Crippen LogP contribution is 2.49. The molecule has 0 heterocycles. The highest BCUT2D eigenvalue weighted by molar-refractivity contribution is 9.10. The molecule has 0 radical (unpaired) electrons. The van der Waals surface area contributed by atoms with Gasteiger partial charge in [-0.05, 0) is 37.5 Å². The van der Waals surface area contributed by atoms with Crippen molar-refractivity contribution in [3.05, 3.63) is 12.2 Å². The fraction of sp³-hybridized carbons (Fsp3) is 0.875. The van der Waals surface area contributed by atoms with Crippen LogP contribution in [-0.2, 0) is 4.57 Å². The van der Waals surface area contributed by atoms with Crippen molar-refractivity contribution in [3.63, 3.8) is 0 Å². The van der Waals surface area contributed by atoms with Gasteiger partial charge in [0.25, 0.3) is 0 Å². The molecule has 2 N–H and O–H groups in total. The Morgan fingerprint density at radius 3 is 1.76 bits per heavy atom. The van der Waals surface area contributed by atoms with Crippen molar-refractivity contribution in [3.8, 4) is 0 Å². The second kappa shape index (κ2) is 7.77. The number of hydrogen-bond acceptors (Lipinski definition) is 1. The van der Waals surface area contributed by atoms with E-state index in [9.17, 15) is 4.57 Å². The third-order valence-corrected chi connectivity index (χ3v) is 7.42. The second-order valence-corrected chi connectivity index (χ2v) is 9.81. The molecular formula is C16H28BrO3P. The Balaban J connectivity index is 2.13. The van der Waals surface area contributed by atoms with Crippen molar-refractivity contribution in [1.29, 1.82) is 0 Å². The Morgan fingerprint density at radius 2 is 1.38 bits per heavy atom. The van der Waals surface area contributed by atoms with Crippen LogP contribution in [0.5, 0.6) is 0 Å². The average Bonchev–Trinajstić information content (AvgIpc) is 2.47. The van der Waals surface area contributed by atoms with Crippen LogP contribution in [0.15, 0.2) is 12.2 Å². The zero-order valence-corrected chi connectivity index (χ0v) is 15.2. The smallest absolute Gasteiger partial charge is 0.324 e. The quantitative estimate of drug-likeness (QED) is 0.401. The SMILES string of the molecule is O=P(O)(O)CC=CC(Br)(C1CCCCC1)C1CCCCC1. The minimum Gasteiger partial charge on any atom is -0.324 e. The van der Waals surface area contributed by atoms with Gasteiger partial charge in [-0.15, -0.1) is 0 Å². The summed E-state index contributed by atoms with van der Waals surface area (Å²) in [5, 5.41) is 0. The largest absolute Gasteiger partial charge is 0.329 e. The van der Waals surface area contributed by atoms with Crippen molar-refractivity contribution in [2.45, 2.75) is 68.5 Å². The molecule has 3 nitrogen and oxygen atoms in total. The van der Waals surface area contributed by atoms with Crippen LogP contribution in [0.25, 0.3) is 0 Å². The van der Waals surface area contributed by atoms with Gasteiger partial charge in [0.15, 0.2) is 0 Å². The molecule has 0 unspecified atom stereocenters. The topological polar surface area (TPSA) is 57.5 Å². The summed E-state index contributed by atoms with van der Waals surface area (Å²) in [6, 6.07) is 0. The monoisotopic (exact) mass is 378 g/mol. The van der Waals surface area contributed by atoms with Crippen LogP contribution in [0.3, 0.4) is 0 Å². The van der Waals surface area contributed by atoms with Crippen LogP contribution < -0.4 is 0 Å². The standard InChI is InChI=1S/C16H28BrO3P/c17-16(12-7-13-21(18,19)20,14-8-3-1-4-9-14)15-10-5-2-6-11-15/h7,12,14-15H,1-6,8-11,13H2,(H2,18,19,20). The molecule has 21 heavy (non-hydrogen) atoms. The number of hydrogen-bond donors (Lipinski definition) is 2. The zero-order chi connectivity index (χ0) is 15.3. The van der Waals surface area contributed by atoms with E-state index in [0.717, 1.165) is 0 Å². The van der Waals surface area contributed by atoms with E-state index < -0.39 is 7.60 Å². The minimum atomic E-state index is -3.94. The van der Waals surface area contributed by atoms with Crippen LogP contribution >= 0.6 is 23.5 Å². The molecule has 0 aromatic carbocycles. The lowest BCUT2D eigenvalue weighted by atomic mass is 9.69. The van der Waals surface area contributed by atoms with Gasteiger partial charge in [-0.1, -0.05) is 66.6 Å². The first-order valence-corrected chi connectivity index (χ1v) is 10.9. The van der Waals surface area contributed by atoms with E-state index in [1.165, 1.54) is 64.2 Å². The summed E-state index contributed by atoms with van der Waals surface area (Å²) in [7, 11) is -3.94. The van der Waals surface area contributed by atoms with E-state index in [0.29, 0.717) is 11.8 Å². The predicted molar refractivity (Wildman–Crippen MR) is 90.9 cm³/mol. The first-order valence-electron chi connectivity index (χ1n) is 8.33. The van der Waals surface area contributed by atoms with Crippen LogP contribution in [-0.4, -0.2) is 20.3 Å². The molecule has 0 aromatic heterocycles. The summed E-state index contributed by atoms with van der Waals surface area (Å²) in [5.74, 6) is 1.23. The molecule has 0 aromatic rings. The number of allylic oxidation sites excluding steroid dienone is 2. The molecule has 0 spiro atoms. The summed E-state index contributed by atoms with van der Waals surface area (Å²) >= 11 is 4.04. The van der Waals surface area contributed by atoms with E-state index in [1.807, 2.05) is 0 Å². The first-order chi connectivity index (χ1) is 9.92. The van der Waals surface area contributed by atoms with E-state index >= 15 is 0 Å². The van der Waals surface area contributed by atoms with Crippen LogP contribution in [0.1, 0.15) is 64.2 Å². The fourth-order valence-corrected chi connectivity index (χ4v) is 5.55. The Bertz CT molecular complexity index is 374. The van der Waals surface area contributed by atoms with Gasteiger partial charge < -0.3 is 9.79 Å². The van der Waals surface area contributed by atoms with Gasteiger partial charge in [-0.2, -0.15) is 0 Å². The van der Waals surface area contributed by atoms with E-state index in [4.69, 9.17) is 9.79 Å². The number of rotatable bonds is 5. The summed E-state index contributed by atoms with van der Waals surface area (Å²) < 4.78 is 11.0. The van der Waals surface area contributed by atoms with E-state index in [1.54, 1.807) is 6.08 Å². The molecule has 2 rings (SSSR count). The molecule has 122 valence electrons. The second-order valence-electron chi connectivity index (χ2n) is 6.75. The van der Waals surface area contributed by atoms with Crippen molar-refractivity contribution < 1.29 is 14.4 Å². The van der Waals surface area contributed by atoms with Crippen molar-refractivity contribution >= 4 is 23.5 Å². The fourth-order valence-electron chi connectivity index (χ4n) is 4.07. The van der Waals surface area contributed by atoms with Gasteiger partial charge >= 0.3 is 7.60 Å². The lowest BCUT2D eigenvalue weighted by Gasteiger charge is -2.43. The maximum atomic E-state index is 11.1. The highest BCUT2D eigenvalue weighted by atomic mass is 79.9. The van der Waals surface area contributed by atoms with Gasteiger partial charge in [-0.25, -0.2) is 0 Å². The van der Waals surface area contributed by atoms with E-state index in [-0.39, 0.29) is 10.5 Å². The average molecular weight is 379 g/mol. The first kappa shape index (κ1) is 17.7. The molecule has 2 saturated carbocycles. The van der Waals surface area contributed by atoms with E-state index in [2.05, 4.69) is 22.0 Å². The Labute approximate surface area is 136 Å². The van der Waals surface area contributed by atoms with Gasteiger partial charge in [0.1, 0.15) is 0 Å². The molecule has 2 aliphatic carbocycles. The molecule has 5 heteroatoms. The number of halogens is 1. The van der Waals surface area contributed by atoms with Gasteiger partial charge in [0.2, 0.25) is 0 Å². The Kier molecular flexibility index (Phi) is 6.55. The van der Waals surface area contributed by atoms with Crippen molar-refractivity contribution in [2.24, 2.45) is 11.8 Å². The Hall–Kier alpha value is 0.370. The van der Waals surface area contributed by atoms with Gasteiger partial charge in [-0.3, -0.25) is 4.57 Å². The third kappa shape index (κ3) is 5.20. The maximum absolute atomic E-state index is 11.1. The Morgan fingerprint density at radius 1 is 0.952 bits per heavy atom. The molecular weight excluding hydrogens is 351 g/mol. The molecule has 0 amide bonds. The molecule has 0 aliphatic heterocycles. The summed E-state index contributed by atoms with van der Waals surface area (Å²) in [6.07, 6.45) is 16.4. The van der Waals surface area contributed by atoms with Crippen molar-refractivity contribution in [1.82, 2.24) is 0 Å². The normalized spacial score (nSPS) is 23.8. The molecule has 2 fully saturated rings. The lowest BCUT2D eigenvalue weighted by Crippen LogP contribution is -2.40. The van der Waals surface area contributed by atoms with Crippen LogP contribution in [0.2, 0.25) is 0 Å². The maximum Gasteiger partial charge on any atom is 0.329 e.